The zero-order chi connectivity index (χ0) is 9.61. The van der Waals surface area contributed by atoms with Crippen molar-refractivity contribution in [3.63, 3.8) is 0 Å². The van der Waals surface area contributed by atoms with Gasteiger partial charge in [-0.05, 0) is 0 Å². The summed E-state index contributed by atoms with van der Waals surface area (Å²) in [5.74, 6) is 2.92. The van der Waals surface area contributed by atoms with Gasteiger partial charge in [0.2, 0.25) is 0 Å². The molecule has 0 amide bonds. The highest BCUT2D eigenvalue weighted by Gasteiger charge is 2.07. The highest BCUT2D eigenvalue weighted by Crippen LogP contribution is 1.99. The lowest BCUT2D eigenvalue weighted by molar-refractivity contribution is 0.185. The van der Waals surface area contributed by atoms with Crippen LogP contribution in [-0.2, 0) is 0 Å². The Morgan fingerprint density at radius 3 is 2.33 bits per heavy atom. The zero-order valence-electron chi connectivity index (χ0n) is 7.89. The summed E-state index contributed by atoms with van der Waals surface area (Å²) in [7, 11) is -1.30. The summed E-state index contributed by atoms with van der Waals surface area (Å²) < 4.78 is 0. The van der Waals surface area contributed by atoms with Crippen LogP contribution < -0.4 is 0 Å². The van der Waals surface area contributed by atoms with E-state index in [0.29, 0.717) is 6.42 Å². The Hall–Kier alpha value is -0.773. The van der Waals surface area contributed by atoms with Gasteiger partial charge in [0.05, 0.1) is 18.6 Å². The average Bonchev–Trinajstić information content (AvgIpc) is 1.84. The second-order valence-electron chi connectivity index (χ2n) is 3.77. The van der Waals surface area contributed by atoms with Gasteiger partial charge >= 0.3 is 0 Å². The first-order chi connectivity index (χ1) is 5.45. The van der Waals surface area contributed by atoms with Gasteiger partial charge in [0, 0.05) is 6.42 Å². The predicted molar refractivity (Wildman–Crippen MR) is 52.0 cm³/mol. The minimum Gasteiger partial charge on any atom is -0.391 e. The summed E-state index contributed by atoms with van der Waals surface area (Å²) in [6.45, 7) is 6.45. The van der Waals surface area contributed by atoms with E-state index in [-0.39, 0.29) is 6.42 Å². The second kappa shape index (κ2) is 4.98. The van der Waals surface area contributed by atoms with Crippen LogP contribution in [0.15, 0.2) is 0 Å². The molecule has 1 atom stereocenters. The first-order valence-electron chi connectivity index (χ1n) is 4.01. The monoisotopic (exact) mass is 181 g/mol. The van der Waals surface area contributed by atoms with Crippen LogP contribution in [0, 0.1) is 22.8 Å². The van der Waals surface area contributed by atoms with Gasteiger partial charge in [-0.15, -0.1) is 11.5 Å². The smallest absolute Gasteiger partial charge is 0.129 e. The number of nitrogens with zero attached hydrogens (tertiary/aromatic N) is 1. The molecule has 0 aromatic carbocycles. The summed E-state index contributed by atoms with van der Waals surface area (Å²) in [6.07, 6.45) is 0.0388. The van der Waals surface area contributed by atoms with E-state index in [2.05, 4.69) is 31.1 Å². The van der Waals surface area contributed by atoms with Crippen molar-refractivity contribution in [2.45, 2.75) is 38.6 Å². The quantitative estimate of drug-likeness (QED) is 0.518. The molecule has 0 aromatic heterocycles. The molecule has 0 aromatic rings. The summed E-state index contributed by atoms with van der Waals surface area (Å²) in [5.41, 5.74) is 3.13. The fourth-order valence-corrected chi connectivity index (χ4v) is 1.24. The van der Waals surface area contributed by atoms with E-state index in [1.165, 1.54) is 0 Å². The number of hydrogen-bond donors (Lipinski definition) is 1. The molecule has 0 fully saturated rings. The standard InChI is InChI=1S/C9H15NOSi/c1-12(2,3)8-4-5-9(11)6-7-10/h9,11H,5-6H2,1-3H3/t9-/m0/s1. The second-order valence-corrected chi connectivity index (χ2v) is 8.52. The molecule has 0 heterocycles. The lowest BCUT2D eigenvalue weighted by atomic mass is 10.2. The normalized spacial score (nSPS) is 12.6. The topological polar surface area (TPSA) is 44.0 Å². The van der Waals surface area contributed by atoms with Crippen molar-refractivity contribution in [1.82, 2.24) is 0 Å². The fourth-order valence-electron chi connectivity index (χ4n) is 0.612. The Balaban J connectivity index is 3.80. The van der Waals surface area contributed by atoms with Crippen molar-refractivity contribution in [3.8, 4) is 17.5 Å². The molecule has 1 N–H and O–H groups in total. The van der Waals surface area contributed by atoms with Gasteiger partial charge in [-0.3, -0.25) is 0 Å². The van der Waals surface area contributed by atoms with E-state index in [1.54, 1.807) is 0 Å². The van der Waals surface area contributed by atoms with Gasteiger partial charge in [-0.2, -0.15) is 5.26 Å². The summed E-state index contributed by atoms with van der Waals surface area (Å²) in [6, 6.07) is 1.91. The molecule has 0 radical (unpaired) electrons. The fraction of sp³-hybridized carbons (Fsp3) is 0.667. The van der Waals surface area contributed by atoms with Crippen LogP contribution >= 0.6 is 0 Å². The predicted octanol–water partition coefficient (Wildman–Crippen LogP) is 1.53. The van der Waals surface area contributed by atoms with Crippen LogP contribution in [0.2, 0.25) is 19.6 Å². The molecule has 12 heavy (non-hydrogen) atoms. The molecule has 66 valence electrons. The molecule has 0 saturated carbocycles. The summed E-state index contributed by atoms with van der Waals surface area (Å²) >= 11 is 0. The van der Waals surface area contributed by atoms with E-state index in [4.69, 9.17) is 10.4 Å². The van der Waals surface area contributed by atoms with Crippen molar-refractivity contribution in [3.05, 3.63) is 0 Å². The van der Waals surface area contributed by atoms with Crippen molar-refractivity contribution in [2.24, 2.45) is 0 Å². The molecular formula is C9H15NOSi. The summed E-state index contributed by atoms with van der Waals surface area (Å²) in [4.78, 5) is 0. The van der Waals surface area contributed by atoms with Gasteiger partial charge in [0.25, 0.3) is 0 Å². The van der Waals surface area contributed by atoms with Crippen molar-refractivity contribution in [2.75, 3.05) is 0 Å². The molecule has 2 nitrogen and oxygen atoms in total. The minimum atomic E-state index is -1.30. The van der Waals surface area contributed by atoms with Crippen LogP contribution in [0.5, 0.6) is 0 Å². The van der Waals surface area contributed by atoms with Crippen molar-refractivity contribution >= 4 is 8.07 Å². The number of aliphatic hydroxyl groups is 1. The average molecular weight is 181 g/mol. The molecule has 0 spiro atoms. The third-order valence-electron chi connectivity index (χ3n) is 1.13. The first kappa shape index (κ1) is 11.2. The number of rotatable bonds is 2. The van der Waals surface area contributed by atoms with Gasteiger partial charge in [0.15, 0.2) is 0 Å². The Labute approximate surface area is 75.2 Å². The molecule has 0 unspecified atom stereocenters. The molecule has 0 aliphatic carbocycles. The van der Waals surface area contributed by atoms with Gasteiger partial charge < -0.3 is 5.11 Å². The van der Waals surface area contributed by atoms with Gasteiger partial charge in [-0.1, -0.05) is 19.6 Å². The highest BCUT2D eigenvalue weighted by atomic mass is 28.3. The maximum atomic E-state index is 9.14. The van der Waals surface area contributed by atoms with Crippen LogP contribution in [0.3, 0.4) is 0 Å². The van der Waals surface area contributed by atoms with Gasteiger partial charge in [-0.25, -0.2) is 0 Å². The van der Waals surface area contributed by atoms with Crippen LogP contribution in [0.25, 0.3) is 0 Å². The van der Waals surface area contributed by atoms with E-state index in [0.717, 1.165) is 0 Å². The molecule has 0 aliphatic rings. The van der Waals surface area contributed by atoms with Crippen LogP contribution in [0.1, 0.15) is 12.8 Å². The molecule has 0 rings (SSSR count). The molecule has 0 bridgehead atoms. The van der Waals surface area contributed by atoms with Crippen LogP contribution in [0.4, 0.5) is 0 Å². The molecule has 0 aliphatic heterocycles. The van der Waals surface area contributed by atoms with E-state index < -0.39 is 14.2 Å². The van der Waals surface area contributed by atoms with Crippen molar-refractivity contribution < 1.29 is 5.11 Å². The highest BCUT2D eigenvalue weighted by molar-refractivity contribution is 6.83. The third kappa shape index (κ3) is 7.34. The SMILES string of the molecule is C[Si](C)(C)C#CC[C@H](O)CC#N. The van der Waals surface area contributed by atoms with E-state index in [9.17, 15) is 0 Å². The van der Waals surface area contributed by atoms with Crippen LogP contribution in [-0.4, -0.2) is 19.3 Å². The van der Waals surface area contributed by atoms with Crippen molar-refractivity contribution in [1.29, 1.82) is 5.26 Å². The maximum Gasteiger partial charge on any atom is 0.129 e. The van der Waals surface area contributed by atoms with Gasteiger partial charge in [0.1, 0.15) is 8.07 Å². The minimum absolute atomic E-state index is 0.181. The Bertz CT molecular complexity index is 226. The summed E-state index contributed by atoms with van der Waals surface area (Å²) in [5, 5.41) is 17.4. The number of hydrogen-bond acceptors (Lipinski definition) is 2. The largest absolute Gasteiger partial charge is 0.391 e. The first-order valence-corrected chi connectivity index (χ1v) is 7.51. The Morgan fingerprint density at radius 1 is 1.33 bits per heavy atom. The van der Waals surface area contributed by atoms with E-state index in [1.807, 2.05) is 6.07 Å². The van der Waals surface area contributed by atoms with E-state index >= 15 is 0 Å². The lowest BCUT2D eigenvalue weighted by Gasteiger charge is -2.04. The number of aliphatic hydroxyl groups excluding tert-OH is 1. The zero-order valence-corrected chi connectivity index (χ0v) is 8.89. The maximum absolute atomic E-state index is 9.14. The third-order valence-corrected chi connectivity index (χ3v) is 2.05. The Kier molecular flexibility index (Phi) is 4.66. The Morgan fingerprint density at radius 2 is 1.92 bits per heavy atom. The molecule has 0 saturated heterocycles. The number of nitriles is 1. The molecule has 3 heteroatoms. The molecular weight excluding hydrogens is 166 g/mol. The lowest BCUT2D eigenvalue weighted by Crippen LogP contribution is -2.16.